The number of nitriles is 1. The number of allylic oxidation sites excluding steroid dienone is 2. The maximum absolute atomic E-state index is 8.75. The molecule has 1 nitrogen and oxygen atoms in total. The van der Waals surface area contributed by atoms with Gasteiger partial charge in [-0.2, -0.15) is 5.26 Å². The van der Waals surface area contributed by atoms with Crippen LogP contribution in [0.2, 0.25) is 0 Å². The van der Waals surface area contributed by atoms with E-state index < -0.39 is 0 Å². The first-order valence-electron chi connectivity index (χ1n) is 5.66. The van der Waals surface area contributed by atoms with Crippen molar-refractivity contribution in [1.82, 2.24) is 0 Å². The van der Waals surface area contributed by atoms with Gasteiger partial charge in [-0.05, 0) is 28.8 Å². The van der Waals surface area contributed by atoms with Crippen molar-refractivity contribution in [1.29, 1.82) is 5.26 Å². The number of rotatable bonds is 2. The van der Waals surface area contributed by atoms with Crippen LogP contribution in [0.1, 0.15) is 22.6 Å². The van der Waals surface area contributed by atoms with Crippen LogP contribution in [0.4, 0.5) is 0 Å². The van der Waals surface area contributed by atoms with Crippen molar-refractivity contribution in [2.75, 3.05) is 0 Å². The molecule has 1 unspecified atom stereocenters. The van der Waals surface area contributed by atoms with Crippen LogP contribution in [-0.2, 0) is 0 Å². The number of hydrogen-bond acceptors (Lipinski definition) is 1. The molecule has 1 atom stereocenters. The molecule has 1 aliphatic rings. The van der Waals surface area contributed by atoms with Crippen LogP contribution in [0, 0.1) is 11.3 Å². The van der Waals surface area contributed by atoms with Crippen molar-refractivity contribution < 1.29 is 0 Å². The summed E-state index contributed by atoms with van der Waals surface area (Å²) in [6.45, 7) is 0. The van der Waals surface area contributed by atoms with Gasteiger partial charge in [0.2, 0.25) is 0 Å². The lowest BCUT2D eigenvalue weighted by Gasteiger charge is -2.01. The summed E-state index contributed by atoms with van der Waals surface area (Å²) < 4.78 is 0. The molecule has 0 aliphatic heterocycles. The summed E-state index contributed by atoms with van der Waals surface area (Å²) in [5, 5.41) is 8.75. The predicted octanol–water partition coefficient (Wildman–Crippen LogP) is 3.74. The van der Waals surface area contributed by atoms with Crippen LogP contribution in [-0.4, -0.2) is 0 Å². The van der Waals surface area contributed by atoms with Gasteiger partial charge in [0, 0.05) is 5.92 Å². The third kappa shape index (κ3) is 1.86. The minimum atomic E-state index is 0.435. The van der Waals surface area contributed by atoms with Gasteiger partial charge in [0.25, 0.3) is 0 Å². The summed E-state index contributed by atoms with van der Waals surface area (Å²) in [7, 11) is 0. The lowest BCUT2D eigenvalue weighted by atomic mass is 10.0. The summed E-state index contributed by atoms with van der Waals surface area (Å²) in [5.41, 5.74) is 4.66. The quantitative estimate of drug-likeness (QED) is 0.751. The molecule has 2 aromatic carbocycles. The maximum atomic E-state index is 8.75. The van der Waals surface area contributed by atoms with Gasteiger partial charge in [0.15, 0.2) is 0 Å². The lowest BCUT2D eigenvalue weighted by Crippen LogP contribution is -1.84. The molecule has 80 valence electrons. The van der Waals surface area contributed by atoms with Crippen LogP contribution >= 0.6 is 0 Å². The van der Waals surface area contributed by atoms with Gasteiger partial charge in [0.1, 0.15) is 0 Å². The zero-order valence-electron chi connectivity index (χ0n) is 9.30. The fraction of sp³-hybridized carbons (Fsp3) is 0.0625. The van der Waals surface area contributed by atoms with Gasteiger partial charge >= 0.3 is 0 Å². The number of hydrogen-bond donors (Lipinski definition) is 0. The van der Waals surface area contributed by atoms with E-state index in [1.807, 2.05) is 30.3 Å². The zero-order valence-corrected chi connectivity index (χ0v) is 9.30. The zero-order chi connectivity index (χ0) is 11.7. The number of nitrogens with zero attached hydrogens (tertiary/aromatic N) is 1. The van der Waals surface area contributed by atoms with E-state index in [0.29, 0.717) is 5.92 Å². The summed E-state index contributed by atoms with van der Waals surface area (Å²) >= 11 is 0. The van der Waals surface area contributed by atoms with Crippen LogP contribution in [0.25, 0.3) is 5.57 Å². The minimum absolute atomic E-state index is 0.435. The molecule has 0 bridgehead atoms. The van der Waals surface area contributed by atoms with Gasteiger partial charge in [-0.15, -0.1) is 0 Å². The van der Waals surface area contributed by atoms with E-state index >= 15 is 0 Å². The Kier molecular flexibility index (Phi) is 2.27. The molecule has 0 N–H and O–H groups in total. The van der Waals surface area contributed by atoms with Crippen molar-refractivity contribution in [3.8, 4) is 6.07 Å². The molecular weight excluding hydrogens is 206 g/mol. The predicted molar refractivity (Wildman–Crippen MR) is 68.3 cm³/mol. The Morgan fingerprint density at radius 3 is 2.24 bits per heavy atom. The normalized spacial score (nSPS) is 17.1. The Morgan fingerprint density at radius 1 is 0.882 bits per heavy atom. The van der Waals surface area contributed by atoms with Crippen LogP contribution in [0.3, 0.4) is 0 Å². The fourth-order valence-corrected chi connectivity index (χ4v) is 2.08. The lowest BCUT2D eigenvalue weighted by molar-refractivity contribution is 1.24. The molecule has 3 rings (SSSR count). The smallest absolute Gasteiger partial charge is 0.0991 e. The third-order valence-electron chi connectivity index (χ3n) is 3.08. The van der Waals surface area contributed by atoms with Gasteiger partial charge in [0.05, 0.1) is 11.6 Å². The van der Waals surface area contributed by atoms with E-state index in [1.165, 1.54) is 16.7 Å². The first-order valence-corrected chi connectivity index (χ1v) is 5.66. The highest BCUT2D eigenvalue weighted by Gasteiger charge is 2.27. The monoisotopic (exact) mass is 217 g/mol. The van der Waals surface area contributed by atoms with Crippen molar-refractivity contribution in [2.24, 2.45) is 0 Å². The van der Waals surface area contributed by atoms with Gasteiger partial charge < -0.3 is 0 Å². The highest BCUT2D eigenvalue weighted by atomic mass is 14.3. The van der Waals surface area contributed by atoms with Crippen molar-refractivity contribution in [3.05, 3.63) is 77.4 Å². The van der Waals surface area contributed by atoms with E-state index in [1.54, 1.807) is 0 Å². The topological polar surface area (TPSA) is 23.8 Å². The van der Waals surface area contributed by atoms with Gasteiger partial charge in [-0.1, -0.05) is 48.5 Å². The first kappa shape index (κ1) is 9.86. The average molecular weight is 217 g/mol. The summed E-state index contributed by atoms with van der Waals surface area (Å²) in [4.78, 5) is 0. The molecule has 1 heteroatoms. The standard InChI is InChI=1S/C16H11N/c17-11-12-6-8-14(9-7-12)16-10-15(16)13-4-2-1-3-5-13/h1-10,16H. The first-order chi connectivity index (χ1) is 8.38. The second-order valence-corrected chi connectivity index (χ2v) is 4.20. The molecule has 0 aromatic heterocycles. The summed E-state index contributed by atoms with van der Waals surface area (Å²) in [5.74, 6) is 0.435. The minimum Gasteiger partial charge on any atom is -0.192 e. The van der Waals surface area contributed by atoms with Gasteiger partial charge in [-0.3, -0.25) is 0 Å². The second kappa shape index (κ2) is 3.92. The largest absolute Gasteiger partial charge is 0.192 e. The Morgan fingerprint density at radius 2 is 1.59 bits per heavy atom. The molecule has 0 spiro atoms. The molecule has 2 aromatic rings. The van der Waals surface area contributed by atoms with Crippen molar-refractivity contribution in [3.63, 3.8) is 0 Å². The Bertz CT molecular complexity index is 600. The summed E-state index contributed by atoms with van der Waals surface area (Å²) in [6.07, 6.45) is 2.26. The third-order valence-corrected chi connectivity index (χ3v) is 3.08. The van der Waals surface area contributed by atoms with Crippen LogP contribution in [0.15, 0.2) is 60.7 Å². The Labute approximate surface area is 101 Å². The average Bonchev–Trinajstić information content (AvgIpc) is 3.20. The molecular formula is C16H11N. The highest BCUT2D eigenvalue weighted by Crippen LogP contribution is 2.46. The molecule has 17 heavy (non-hydrogen) atoms. The molecule has 0 radical (unpaired) electrons. The van der Waals surface area contributed by atoms with Crippen molar-refractivity contribution >= 4 is 5.57 Å². The van der Waals surface area contributed by atoms with E-state index in [4.69, 9.17) is 5.26 Å². The molecule has 0 saturated carbocycles. The highest BCUT2D eigenvalue weighted by molar-refractivity contribution is 5.86. The molecule has 0 saturated heterocycles. The van der Waals surface area contributed by atoms with E-state index in [2.05, 4.69) is 36.4 Å². The molecule has 0 amide bonds. The van der Waals surface area contributed by atoms with Gasteiger partial charge in [-0.25, -0.2) is 0 Å². The van der Waals surface area contributed by atoms with E-state index in [9.17, 15) is 0 Å². The SMILES string of the molecule is N#Cc1ccc(C2C=C2c2ccccc2)cc1. The maximum Gasteiger partial charge on any atom is 0.0991 e. The van der Waals surface area contributed by atoms with E-state index in [-0.39, 0.29) is 0 Å². The Hall–Kier alpha value is -2.33. The van der Waals surface area contributed by atoms with Crippen LogP contribution < -0.4 is 0 Å². The van der Waals surface area contributed by atoms with Crippen LogP contribution in [0.5, 0.6) is 0 Å². The molecule has 0 fully saturated rings. The number of benzene rings is 2. The van der Waals surface area contributed by atoms with E-state index in [0.717, 1.165) is 5.56 Å². The van der Waals surface area contributed by atoms with Crippen molar-refractivity contribution in [2.45, 2.75) is 5.92 Å². The fourth-order valence-electron chi connectivity index (χ4n) is 2.08. The molecule has 0 heterocycles. The Balaban J connectivity index is 1.80. The summed E-state index contributed by atoms with van der Waals surface area (Å²) in [6, 6.07) is 20.4. The second-order valence-electron chi connectivity index (χ2n) is 4.20. The molecule has 1 aliphatic carbocycles.